The van der Waals surface area contributed by atoms with Crippen molar-refractivity contribution >= 4 is 17.5 Å². The Kier molecular flexibility index (Phi) is 6.18. The van der Waals surface area contributed by atoms with Crippen LogP contribution in [0.4, 0.5) is 0 Å². The van der Waals surface area contributed by atoms with Gasteiger partial charge in [-0.15, -0.1) is 11.6 Å². The molecule has 0 radical (unpaired) electrons. The first-order valence-electron chi connectivity index (χ1n) is 6.54. The Balaban J connectivity index is 2.50. The summed E-state index contributed by atoms with van der Waals surface area (Å²) in [5.41, 5.74) is 0. The first-order valence-corrected chi connectivity index (χ1v) is 7.07. The lowest BCUT2D eigenvalue weighted by Gasteiger charge is -2.29. The number of hydrogen-bond donors (Lipinski definition) is 0. The normalized spacial score (nSPS) is 18.7. The van der Waals surface area contributed by atoms with Crippen LogP contribution >= 0.6 is 11.6 Å². The van der Waals surface area contributed by atoms with Gasteiger partial charge in [-0.2, -0.15) is 0 Å². The summed E-state index contributed by atoms with van der Waals surface area (Å²) in [4.78, 5) is 14.2. The third-order valence-corrected chi connectivity index (χ3v) is 3.80. The van der Waals surface area contributed by atoms with Crippen molar-refractivity contribution in [3.05, 3.63) is 0 Å². The van der Waals surface area contributed by atoms with Crippen molar-refractivity contribution in [1.82, 2.24) is 4.90 Å². The molecule has 1 fully saturated rings. The van der Waals surface area contributed by atoms with Crippen molar-refractivity contribution in [1.29, 1.82) is 0 Å². The maximum Gasteiger partial charge on any atom is 0.223 e. The quantitative estimate of drug-likeness (QED) is 0.657. The van der Waals surface area contributed by atoms with Crippen LogP contribution in [0.1, 0.15) is 52.4 Å². The van der Waals surface area contributed by atoms with Gasteiger partial charge in [-0.1, -0.05) is 33.1 Å². The third kappa shape index (κ3) is 3.97. The van der Waals surface area contributed by atoms with Gasteiger partial charge in [-0.25, -0.2) is 0 Å². The molecule has 0 heterocycles. The van der Waals surface area contributed by atoms with Gasteiger partial charge in [0.1, 0.15) is 0 Å². The summed E-state index contributed by atoms with van der Waals surface area (Å²) in [6.45, 7) is 5.01. The molecule has 1 rings (SSSR count). The zero-order valence-corrected chi connectivity index (χ0v) is 11.3. The molecule has 0 bridgehead atoms. The molecule has 1 aliphatic carbocycles. The van der Waals surface area contributed by atoms with Crippen LogP contribution < -0.4 is 0 Å². The van der Waals surface area contributed by atoms with E-state index in [0.29, 0.717) is 30.2 Å². The van der Waals surface area contributed by atoms with E-state index in [0.717, 1.165) is 13.0 Å². The lowest BCUT2D eigenvalue weighted by molar-refractivity contribution is -0.134. The fourth-order valence-corrected chi connectivity index (χ4v) is 2.56. The standard InChI is InChI=1S/C13H24ClNO/c1-3-11(2)10-13(16)15(9-8-14)12-6-4-5-7-12/h11-12H,3-10H2,1-2H3. The van der Waals surface area contributed by atoms with Crippen molar-refractivity contribution in [3.63, 3.8) is 0 Å². The average molecular weight is 246 g/mol. The molecule has 94 valence electrons. The summed E-state index contributed by atoms with van der Waals surface area (Å²) in [5.74, 6) is 1.36. The van der Waals surface area contributed by atoms with Gasteiger partial charge in [-0.3, -0.25) is 4.79 Å². The summed E-state index contributed by atoms with van der Waals surface area (Å²) < 4.78 is 0. The van der Waals surface area contributed by atoms with E-state index >= 15 is 0 Å². The van der Waals surface area contributed by atoms with E-state index in [1.807, 2.05) is 4.90 Å². The molecule has 1 atom stereocenters. The first kappa shape index (κ1) is 13.8. The minimum atomic E-state index is 0.307. The van der Waals surface area contributed by atoms with Crippen LogP contribution in [-0.4, -0.2) is 29.3 Å². The topological polar surface area (TPSA) is 20.3 Å². The molecule has 0 aromatic rings. The van der Waals surface area contributed by atoms with E-state index in [9.17, 15) is 4.79 Å². The Labute approximate surface area is 104 Å². The lowest BCUT2D eigenvalue weighted by atomic mass is 10.0. The van der Waals surface area contributed by atoms with Gasteiger partial charge in [0, 0.05) is 24.9 Å². The molecule has 0 N–H and O–H groups in total. The second-order valence-corrected chi connectivity index (χ2v) is 5.31. The molecule has 0 aliphatic heterocycles. The molecule has 0 spiro atoms. The molecule has 3 heteroatoms. The number of carbonyl (C=O) groups is 1. The Morgan fingerprint density at radius 3 is 2.56 bits per heavy atom. The van der Waals surface area contributed by atoms with Crippen molar-refractivity contribution in [2.45, 2.75) is 58.4 Å². The smallest absolute Gasteiger partial charge is 0.223 e. The van der Waals surface area contributed by atoms with Gasteiger partial charge in [0.25, 0.3) is 0 Å². The van der Waals surface area contributed by atoms with Crippen LogP contribution in [-0.2, 0) is 4.79 Å². The third-order valence-electron chi connectivity index (χ3n) is 3.63. The predicted octanol–water partition coefficient (Wildman–Crippen LogP) is 3.43. The second kappa shape index (κ2) is 7.16. The Bertz CT molecular complexity index is 214. The summed E-state index contributed by atoms with van der Waals surface area (Å²) in [5, 5.41) is 0. The average Bonchev–Trinajstić information content (AvgIpc) is 2.78. The Hall–Kier alpha value is -0.240. The minimum Gasteiger partial charge on any atom is -0.339 e. The number of rotatable bonds is 6. The van der Waals surface area contributed by atoms with Crippen LogP contribution in [0.25, 0.3) is 0 Å². The number of nitrogens with zero attached hydrogens (tertiary/aromatic N) is 1. The summed E-state index contributed by atoms with van der Waals surface area (Å²) in [6, 6.07) is 0.468. The van der Waals surface area contributed by atoms with Crippen LogP contribution in [0.3, 0.4) is 0 Å². The molecule has 0 aromatic carbocycles. The van der Waals surface area contributed by atoms with E-state index in [2.05, 4.69) is 13.8 Å². The van der Waals surface area contributed by atoms with E-state index in [1.165, 1.54) is 25.7 Å². The number of halogens is 1. The zero-order valence-electron chi connectivity index (χ0n) is 10.5. The highest BCUT2D eigenvalue weighted by Gasteiger charge is 2.26. The van der Waals surface area contributed by atoms with E-state index < -0.39 is 0 Å². The van der Waals surface area contributed by atoms with E-state index in [-0.39, 0.29) is 0 Å². The van der Waals surface area contributed by atoms with Crippen molar-refractivity contribution < 1.29 is 4.79 Å². The largest absolute Gasteiger partial charge is 0.339 e. The van der Waals surface area contributed by atoms with E-state index in [4.69, 9.17) is 11.6 Å². The SMILES string of the molecule is CCC(C)CC(=O)N(CCCl)C1CCCC1. The van der Waals surface area contributed by atoms with Crippen LogP contribution in [0.15, 0.2) is 0 Å². The fraction of sp³-hybridized carbons (Fsp3) is 0.923. The Morgan fingerprint density at radius 1 is 1.44 bits per heavy atom. The Morgan fingerprint density at radius 2 is 2.06 bits per heavy atom. The zero-order chi connectivity index (χ0) is 12.0. The predicted molar refractivity (Wildman–Crippen MR) is 68.8 cm³/mol. The minimum absolute atomic E-state index is 0.307. The molecule has 1 saturated carbocycles. The summed E-state index contributed by atoms with van der Waals surface area (Å²) in [6.07, 6.45) is 6.63. The molecule has 2 nitrogen and oxygen atoms in total. The van der Waals surface area contributed by atoms with E-state index in [1.54, 1.807) is 0 Å². The van der Waals surface area contributed by atoms with Crippen molar-refractivity contribution in [3.8, 4) is 0 Å². The van der Waals surface area contributed by atoms with Crippen LogP contribution in [0, 0.1) is 5.92 Å². The maximum atomic E-state index is 12.2. The van der Waals surface area contributed by atoms with Gasteiger partial charge in [0.05, 0.1) is 0 Å². The molecule has 0 saturated heterocycles. The van der Waals surface area contributed by atoms with Crippen molar-refractivity contribution in [2.75, 3.05) is 12.4 Å². The van der Waals surface area contributed by atoms with Gasteiger partial charge in [-0.05, 0) is 18.8 Å². The molecule has 16 heavy (non-hydrogen) atoms. The molecular weight excluding hydrogens is 222 g/mol. The number of amides is 1. The van der Waals surface area contributed by atoms with Crippen LogP contribution in [0.5, 0.6) is 0 Å². The molecule has 1 amide bonds. The van der Waals surface area contributed by atoms with Gasteiger partial charge >= 0.3 is 0 Å². The summed E-state index contributed by atoms with van der Waals surface area (Å²) >= 11 is 5.80. The van der Waals surface area contributed by atoms with Gasteiger partial charge < -0.3 is 4.90 Å². The fourth-order valence-electron chi connectivity index (χ4n) is 2.38. The highest BCUT2D eigenvalue weighted by atomic mass is 35.5. The monoisotopic (exact) mass is 245 g/mol. The molecule has 1 aliphatic rings. The lowest BCUT2D eigenvalue weighted by Crippen LogP contribution is -2.40. The first-order chi connectivity index (χ1) is 7.69. The number of alkyl halides is 1. The highest BCUT2D eigenvalue weighted by Crippen LogP contribution is 2.24. The molecular formula is C13H24ClNO. The number of hydrogen-bond acceptors (Lipinski definition) is 1. The molecule has 0 aromatic heterocycles. The van der Waals surface area contributed by atoms with Crippen LogP contribution in [0.2, 0.25) is 0 Å². The summed E-state index contributed by atoms with van der Waals surface area (Å²) in [7, 11) is 0. The molecule has 1 unspecified atom stereocenters. The number of carbonyl (C=O) groups excluding carboxylic acids is 1. The second-order valence-electron chi connectivity index (χ2n) is 4.93. The maximum absolute atomic E-state index is 12.2. The van der Waals surface area contributed by atoms with Gasteiger partial charge in [0.2, 0.25) is 5.91 Å². The highest BCUT2D eigenvalue weighted by molar-refractivity contribution is 6.18. The van der Waals surface area contributed by atoms with Gasteiger partial charge in [0.15, 0.2) is 0 Å². The van der Waals surface area contributed by atoms with Crippen molar-refractivity contribution in [2.24, 2.45) is 5.92 Å².